The second-order valence-corrected chi connectivity index (χ2v) is 8.35. The first-order chi connectivity index (χ1) is 17.4. The molecule has 2 amide bonds. The number of halogens is 1. The highest BCUT2D eigenvalue weighted by Crippen LogP contribution is 2.22. The number of amides is 2. The van der Waals surface area contributed by atoms with E-state index in [0.29, 0.717) is 35.1 Å². The Labute approximate surface area is 215 Å². The number of carbonyl (C=O) groups is 2. The summed E-state index contributed by atoms with van der Waals surface area (Å²) in [4.78, 5) is 27.9. The Morgan fingerprint density at radius 1 is 1.08 bits per heavy atom. The predicted molar refractivity (Wildman–Crippen MR) is 142 cm³/mol. The van der Waals surface area contributed by atoms with Crippen LogP contribution >= 0.6 is 11.6 Å². The van der Waals surface area contributed by atoms with E-state index in [-0.39, 0.29) is 18.1 Å². The maximum absolute atomic E-state index is 13.0. The summed E-state index contributed by atoms with van der Waals surface area (Å²) in [7, 11) is 1.58. The van der Waals surface area contributed by atoms with Crippen molar-refractivity contribution in [1.82, 2.24) is 10.3 Å². The number of rotatable bonds is 11. The van der Waals surface area contributed by atoms with E-state index < -0.39 is 5.91 Å². The average molecular weight is 509 g/mol. The molecule has 36 heavy (non-hydrogen) atoms. The lowest BCUT2D eigenvalue weighted by atomic mass is 10.1. The maximum Gasteiger partial charge on any atom is 0.273 e. The zero-order valence-corrected chi connectivity index (χ0v) is 21.0. The van der Waals surface area contributed by atoms with Gasteiger partial charge in [0.25, 0.3) is 11.8 Å². The Bertz CT molecular complexity index is 1210. The fourth-order valence-electron chi connectivity index (χ4n) is 3.48. The van der Waals surface area contributed by atoms with Crippen molar-refractivity contribution in [2.75, 3.05) is 32.1 Å². The van der Waals surface area contributed by atoms with Gasteiger partial charge in [0.1, 0.15) is 5.75 Å². The van der Waals surface area contributed by atoms with Crippen LogP contribution in [0.15, 0.2) is 71.8 Å². The van der Waals surface area contributed by atoms with Crippen molar-refractivity contribution in [3.8, 4) is 5.75 Å². The van der Waals surface area contributed by atoms with Crippen LogP contribution in [0, 0.1) is 0 Å². The van der Waals surface area contributed by atoms with E-state index in [4.69, 9.17) is 16.3 Å². The van der Waals surface area contributed by atoms with Crippen LogP contribution in [-0.2, 0) is 6.54 Å². The number of nitrogens with zero attached hydrogens (tertiary/aromatic N) is 2. The molecule has 0 unspecified atom stereocenters. The molecule has 3 aromatic rings. The smallest absolute Gasteiger partial charge is 0.273 e. The Hall–Kier alpha value is -3.72. The van der Waals surface area contributed by atoms with Gasteiger partial charge in [-0.25, -0.2) is 5.43 Å². The highest BCUT2D eigenvalue weighted by molar-refractivity contribution is 6.31. The number of aliphatic hydroxyl groups excluding tert-OH is 1. The Kier molecular flexibility index (Phi) is 10.00. The monoisotopic (exact) mass is 508 g/mol. The Morgan fingerprint density at radius 3 is 2.56 bits per heavy atom. The lowest BCUT2D eigenvalue weighted by Crippen LogP contribution is -2.26. The molecule has 0 atom stereocenters. The number of benzene rings is 3. The summed E-state index contributed by atoms with van der Waals surface area (Å²) in [5, 5.41) is 16.4. The fraction of sp³-hybridized carbons (Fsp3) is 0.222. The van der Waals surface area contributed by atoms with Crippen molar-refractivity contribution in [3.05, 3.63) is 94.0 Å². The normalized spacial score (nSPS) is 11.0. The van der Waals surface area contributed by atoms with Gasteiger partial charge >= 0.3 is 0 Å². The molecule has 9 heteroatoms. The van der Waals surface area contributed by atoms with Crippen LogP contribution in [0.25, 0.3) is 0 Å². The molecule has 0 fully saturated rings. The highest BCUT2D eigenvalue weighted by Gasteiger charge is 2.16. The molecule has 0 bridgehead atoms. The summed E-state index contributed by atoms with van der Waals surface area (Å²) in [5.74, 6) is -0.164. The quantitative estimate of drug-likeness (QED) is 0.266. The number of ether oxygens (including phenoxy) is 1. The minimum Gasteiger partial charge on any atom is -0.497 e. The summed E-state index contributed by atoms with van der Waals surface area (Å²) in [6.45, 7) is 4.03. The third kappa shape index (κ3) is 7.64. The first-order valence-electron chi connectivity index (χ1n) is 11.4. The summed E-state index contributed by atoms with van der Waals surface area (Å²) in [6.07, 6.45) is 1.50. The molecule has 0 aromatic heterocycles. The van der Waals surface area contributed by atoms with Gasteiger partial charge in [0.05, 0.1) is 31.2 Å². The van der Waals surface area contributed by atoms with E-state index in [1.54, 1.807) is 61.7 Å². The molecule has 0 saturated heterocycles. The molecule has 0 heterocycles. The van der Waals surface area contributed by atoms with Gasteiger partial charge in [0.15, 0.2) is 0 Å². The summed E-state index contributed by atoms with van der Waals surface area (Å²) >= 11 is 6.12. The minimum atomic E-state index is -0.520. The van der Waals surface area contributed by atoms with Gasteiger partial charge in [-0.15, -0.1) is 0 Å². The van der Waals surface area contributed by atoms with Gasteiger partial charge in [0.2, 0.25) is 0 Å². The van der Waals surface area contributed by atoms with Crippen molar-refractivity contribution in [2.45, 2.75) is 13.5 Å². The van der Waals surface area contributed by atoms with Crippen molar-refractivity contribution in [2.24, 2.45) is 5.10 Å². The number of hydrogen-bond acceptors (Lipinski definition) is 6. The number of aliphatic hydroxyl groups is 1. The van der Waals surface area contributed by atoms with Crippen LogP contribution in [-0.4, -0.2) is 54.8 Å². The standard InChI is InChI=1S/C27H29ClN4O4/c1-3-32(13-14-33)18-20-5-4-6-21(15-20)26(34)30-25-12-9-22(28)16-24(25)27(35)31-29-17-19-7-10-23(36-2)11-8-19/h4-12,15-17,33H,3,13-14,18H2,1-2H3,(H,30,34)(H,31,35)/b29-17+. The largest absolute Gasteiger partial charge is 0.497 e. The van der Waals surface area contributed by atoms with Crippen LogP contribution in [0.3, 0.4) is 0 Å². The lowest BCUT2D eigenvalue weighted by Gasteiger charge is -2.19. The summed E-state index contributed by atoms with van der Waals surface area (Å²) in [5.41, 5.74) is 5.13. The molecule has 3 rings (SSSR count). The van der Waals surface area contributed by atoms with E-state index in [9.17, 15) is 14.7 Å². The van der Waals surface area contributed by atoms with Gasteiger partial charge in [-0.3, -0.25) is 14.5 Å². The second kappa shape index (κ2) is 13.4. The average Bonchev–Trinajstić information content (AvgIpc) is 2.89. The van der Waals surface area contributed by atoms with Crippen LogP contribution < -0.4 is 15.5 Å². The van der Waals surface area contributed by atoms with Crippen LogP contribution in [0.5, 0.6) is 5.75 Å². The molecule has 0 aliphatic carbocycles. The van der Waals surface area contributed by atoms with Gasteiger partial charge in [0, 0.05) is 23.7 Å². The van der Waals surface area contributed by atoms with Crippen LogP contribution in [0.4, 0.5) is 5.69 Å². The number of hydrogen-bond donors (Lipinski definition) is 3. The van der Waals surface area contributed by atoms with Gasteiger partial charge in [-0.05, 0) is 72.3 Å². The SMILES string of the molecule is CCN(CCO)Cc1cccc(C(=O)Nc2ccc(Cl)cc2C(=O)N/N=C/c2ccc(OC)cc2)c1. The molecule has 8 nitrogen and oxygen atoms in total. The first-order valence-corrected chi connectivity index (χ1v) is 11.8. The molecule has 188 valence electrons. The van der Waals surface area contributed by atoms with E-state index in [2.05, 4.69) is 20.7 Å². The first kappa shape index (κ1) is 26.9. The van der Waals surface area contributed by atoms with Crippen LogP contribution in [0.2, 0.25) is 5.02 Å². The summed E-state index contributed by atoms with van der Waals surface area (Å²) < 4.78 is 5.12. The zero-order chi connectivity index (χ0) is 25.9. The number of likely N-dealkylation sites (N-methyl/N-ethyl adjacent to an activating group) is 1. The molecular weight excluding hydrogens is 480 g/mol. The molecule has 0 saturated carbocycles. The fourth-order valence-corrected chi connectivity index (χ4v) is 3.66. The number of nitrogens with one attached hydrogen (secondary N) is 2. The molecule has 3 aromatic carbocycles. The van der Waals surface area contributed by atoms with E-state index >= 15 is 0 Å². The minimum absolute atomic E-state index is 0.0690. The predicted octanol–water partition coefficient (Wildman–Crippen LogP) is 4.18. The number of carbonyl (C=O) groups excluding carboxylic acids is 2. The van der Waals surface area contributed by atoms with Crippen molar-refractivity contribution in [3.63, 3.8) is 0 Å². The number of hydrazone groups is 1. The Balaban J connectivity index is 1.71. The topological polar surface area (TPSA) is 103 Å². The number of methoxy groups -OCH3 is 1. The van der Waals surface area contributed by atoms with E-state index in [1.165, 1.54) is 12.3 Å². The molecular formula is C27H29ClN4O4. The molecule has 0 aliphatic rings. The summed E-state index contributed by atoms with van der Waals surface area (Å²) in [6, 6.07) is 19.1. The van der Waals surface area contributed by atoms with Gasteiger partial charge in [-0.2, -0.15) is 5.10 Å². The maximum atomic E-state index is 13.0. The Morgan fingerprint density at radius 2 is 1.86 bits per heavy atom. The lowest BCUT2D eigenvalue weighted by molar-refractivity contribution is 0.0956. The molecule has 0 radical (unpaired) electrons. The van der Waals surface area contributed by atoms with Crippen molar-refractivity contribution >= 4 is 35.3 Å². The van der Waals surface area contributed by atoms with Gasteiger partial charge < -0.3 is 15.2 Å². The molecule has 3 N–H and O–H groups in total. The molecule has 0 spiro atoms. The zero-order valence-electron chi connectivity index (χ0n) is 20.2. The van der Waals surface area contributed by atoms with Crippen molar-refractivity contribution in [1.29, 1.82) is 0 Å². The van der Waals surface area contributed by atoms with Crippen molar-refractivity contribution < 1.29 is 19.4 Å². The second-order valence-electron chi connectivity index (χ2n) is 7.91. The highest BCUT2D eigenvalue weighted by atomic mass is 35.5. The molecule has 0 aliphatic heterocycles. The van der Waals surface area contributed by atoms with Gasteiger partial charge in [-0.1, -0.05) is 30.7 Å². The van der Waals surface area contributed by atoms with Crippen LogP contribution in [0.1, 0.15) is 38.8 Å². The van der Waals surface area contributed by atoms with E-state index in [0.717, 1.165) is 17.7 Å². The van der Waals surface area contributed by atoms with E-state index in [1.807, 2.05) is 13.0 Å². The number of anilines is 1. The third-order valence-electron chi connectivity index (χ3n) is 5.43. The third-order valence-corrected chi connectivity index (χ3v) is 5.66.